The summed E-state index contributed by atoms with van der Waals surface area (Å²) < 4.78 is 0. The fourth-order valence-corrected chi connectivity index (χ4v) is 8.77. The van der Waals surface area contributed by atoms with Gasteiger partial charge in [0, 0.05) is 27.9 Å². The molecule has 0 saturated heterocycles. The summed E-state index contributed by atoms with van der Waals surface area (Å²) in [7, 11) is 0. The number of hydrogen-bond donors (Lipinski definition) is 0. The third kappa shape index (κ3) is 4.99. The number of hydrogen-bond acceptors (Lipinski definition) is 1. The molecule has 1 nitrogen and oxygen atoms in total. The van der Waals surface area contributed by atoms with E-state index in [-0.39, 0.29) is 10.8 Å². The van der Waals surface area contributed by atoms with Crippen LogP contribution in [0.25, 0.3) is 33.9 Å². The summed E-state index contributed by atoms with van der Waals surface area (Å²) in [6.45, 7) is 9.72. The maximum absolute atomic E-state index is 2.47. The molecule has 0 radical (unpaired) electrons. The summed E-state index contributed by atoms with van der Waals surface area (Å²) in [6, 6.07) is 61.9. The molecule has 0 fully saturated rings. The zero-order valence-corrected chi connectivity index (χ0v) is 29.7. The van der Waals surface area contributed by atoms with Gasteiger partial charge in [0.1, 0.15) is 0 Å². The van der Waals surface area contributed by atoms with Gasteiger partial charge in [-0.05, 0) is 115 Å². The van der Waals surface area contributed by atoms with Crippen LogP contribution in [0.15, 0.2) is 170 Å². The molecule has 2 aliphatic carbocycles. The number of benzene rings is 7. The Bertz CT molecular complexity index is 2400. The topological polar surface area (TPSA) is 3.24 Å². The Morgan fingerprint density at radius 1 is 0.412 bits per heavy atom. The van der Waals surface area contributed by atoms with Crippen molar-refractivity contribution in [1.29, 1.82) is 0 Å². The third-order valence-electron chi connectivity index (χ3n) is 11.2. The van der Waals surface area contributed by atoms with Crippen molar-refractivity contribution in [2.45, 2.75) is 38.5 Å². The summed E-state index contributed by atoms with van der Waals surface area (Å²) in [5, 5.41) is 0. The molecule has 0 aromatic heterocycles. The highest BCUT2D eigenvalue weighted by Crippen LogP contribution is 2.59. The van der Waals surface area contributed by atoms with E-state index in [1.807, 2.05) is 0 Å². The lowest BCUT2D eigenvalue weighted by molar-refractivity contribution is 0.601. The van der Waals surface area contributed by atoms with Crippen LogP contribution in [-0.4, -0.2) is 0 Å². The van der Waals surface area contributed by atoms with Crippen molar-refractivity contribution in [1.82, 2.24) is 0 Å². The van der Waals surface area contributed by atoms with Gasteiger partial charge < -0.3 is 4.90 Å². The summed E-state index contributed by atoms with van der Waals surface area (Å²) in [5.74, 6) is 0. The van der Waals surface area contributed by atoms with Crippen LogP contribution < -0.4 is 4.90 Å². The van der Waals surface area contributed by atoms with E-state index in [9.17, 15) is 0 Å². The molecular formula is C50H41N. The van der Waals surface area contributed by atoms with Crippen molar-refractivity contribution >= 4 is 28.7 Å². The van der Waals surface area contributed by atoms with Crippen LogP contribution in [-0.2, 0) is 10.8 Å². The van der Waals surface area contributed by atoms with E-state index >= 15 is 0 Å². The minimum atomic E-state index is -0.185. The third-order valence-corrected chi connectivity index (χ3v) is 11.2. The van der Waals surface area contributed by atoms with Crippen molar-refractivity contribution in [3.05, 3.63) is 209 Å². The molecule has 0 spiro atoms. The lowest BCUT2D eigenvalue weighted by Gasteiger charge is -2.31. The van der Waals surface area contributed by atoms with E-state index < -0.39 is 0 Å². The van der Waals surface area contributed by atoms with Crippen LogP contribution in [0.3, 0.4) is 0 Å². The fourth-order valence-electron chi connectivity index (χ4n) is 8.77. The first-order valence-electron chi connectivity index (χ1n) is 18.0. The first-order chi connectivity index (χ1) is 24.8. The molecule has 0 bridgehead atoms. The smallest absolute Gasteiger partial charge is 0.0465 e. The van der Waals surface area contributed by atoms with Crippen LogP contribution in [0.2, 0.25) is 0 Å². The minimum Gasteiger partial charge on any atom is -0.310 e. The van der Waals surface area contributed by atoms with Crippen molar-refractivity contribution in [2.24, 2.45) is 0 Å². The summed E-state index contributed by atoms with van der Waals surface area (Å²) >= 11 is 0. The molecule has 1 heteroatoms. The SMILES string of the molecule is CC1(C)c2cc(/C(=C/c3ccccc3)c3ccccc3)ccc2-c2ccc3c(c21)C(C)(C)c1cc(N(c2ccccc2)c2ccccc2)ccc1-3. The van der Waals surface area contributed by atoms with E-state index in [2.05, 4.69) is 209 Å². The van der Waals surface area contributed by atoms with E-state index in [0.717, 1.165) is 11.4 Å². The van der Waals surface area contributed by atoms with Gasteiger partial charge >= 0.3 is 0 Å². The standard InChI is InChI=1S/C50H41N/c1-49(2)45-32-36(44(35-19-11-6-12-20-35)31-34-17-9-5-10-18-34)25-27-40(45)42-29-30-43-41-28-26-39(33-46(41)50(3,4)48(43)47(42)49)51(37-21-13-7-14-22-37)38-23-15-8-16-24-38/h5-33H,1-4H3/b44-31+. The van der Waals surface area contributed by atoms with Gasteiger partial charge in [-0.25, -0.2) is 0 Å². The Morgan fingerprint density at radius 3 is 1.41 bits per heavy atom. The van der Waals surface area contributed by atoms with Crippen LogP contribution >= 0.6 is 0 Å². The molecule has 0 aliphatic heterocycles. The molecule has 0 atom stereocenters. The Hall–Kier alpha value is -5.92. The summed E-state index contributed by atoms with van der Waals surface area (Å²) in [6.07, 6.45) is 2.33. The second-order valence-electron chi connectivity index (χ2n) is 15.0. The first kappa shape index (κ1) is 31.1. The lowest BCUT2D eigenvalue weighted by atomic mass is 9.72. The highest BCUT2D eigenvalue weighted by Gasteiger charge is 2.46. The molecular weight excluding hydrogens is 615 g/mol. The number of fused-ring (bicyclic) bond motifs is 7. The van der Waals surface area contributed by atoms with E-state index in [1.54, 1.807) is 0 Å². The average Bonchev–Trinajstić information content (AvgIpc) is 3.54. The largest absolute Gasteiger partial charge is 0.310 e. The molecule has 7 aromatic carbocycles. The zero-order valence-electron chi connectivity index (χ0n) is 29.7. The van der Waals surface area contributed by atoms with Crippen molar-refractivity contribution < 1.29 is 0 Å². The van der Waals surface area contributed by atoms with Crippen molar-refractivity contribution in [2.75, 3.05) is 4.90 Å². The second kappa shape index (κ2) is 11.9. The molecule has 0 amide bonds. The van der Waals surface area contributed by atoms with Crippen molar-refractivity contribution in [3.8, 4) is 22.3 Å². The molecule has 0 heterocycles. The van der Waals surface area contributed by atoms with Gasteiger partial charge in [0.2, 0.25) is 0 Å². The highest BCUT2D eigenvalue weighted by atomic mass is 15.1. The normalized spacial score (nSPS) is 14.7. The second-order valence-corrected chi connectivity index (χ2v) is 15.0. The quantitative estimate of drug-likeness (QED) is 0.161. The molecule has 7 aromatic rings. The van der Waals surface area contributed by atoms with Gasteiger partial charge in [0.15, 0.2) is 0 Å². The van der Waals surface area contributed by atoms with Crippen LogP contribution in [0.5, 0.6) is 0 Å². The van der Waals surface area contributed by atoms with E-state index in [4.69, 9.17) is 0 Å². The molecule has 9 rings (SSSR count). The number of anilines is 3. The van der Waals surface area contributed by atoms with Crippen LogP contribution in [0.1, 0.15) is 66.6 Å². The number of rotatable bonds is 6. The fraction of sp³-hybridized carbons (Fsp3) is 0.120. The lowest BCUT2D eigenvalue weighted by Crippen LogP contribution is -2.24. The highest BCUT2D eigenvalue weighted by molar-refractivity contribution is 5.96. The monoisotopic (exact) mass is 655 g/mol. The van der Waals surface area contributed by atoms with E-state index in [0.29, 0.717) is 0 Å². The van der Waals surface area contributed by atoms with Gasteiger partial charge in [-0.15, -0.1) is 0 Å². The molecule has 51 heavy (non-hydrogen) atoms. The summed E-state index contributed by atoms with van der Waals surface area (Å²) in [5.41, 5.74) is 19.1. The van der Waals surface area contributed by atoms with Crippen LogP contribution in [0, 0.1) is 0 Å². The van der Waals surface area contributed by atoms with Gasteiger partial charge in [-0.2, -0.15) is 0 Å². The van der Waals surface area contributed by atoms with Crippen molar-refractivity contribution in [3.63, 3.8) is 0 Å². The van der Waals surface area contributed by atoms with Crippen LogP contribution in [0.4, 0.5) is 17.1 Å². The molecule has 0 saturated carbocycles. The van der Waals surface area contributed by atoms with Gasteiger partial charge in [-0.1, -0.05) is 155 Å². The molecule has 0 N–H and O–H groups in total. The predicted molar refractivity (Wildman–Crippen MR) is 216 cm³/mol. The van der Waals surface area contributed by atoms with Gasteiger partial charge in [0.25, 0.3) is 0 Å². The predicted octanol–water partition coefficient (Wildman–Crippen LogP) is 13.4. The molecule has 2 aliphatic rings. The number of nitrogens with zero attached hydrogens (tertiary/aromatic N) is 1. The van der Waals surface area contributed by atoms with Gasteiger partial charge in [0.05, 0.1) is 0 Å². The Kier molecular flexibility index (Phi) is 7.22. The minimum absolute atomic E-state index is 0.178. The maximum Gasteiger partial charge on any atom is 0.0465 e. The number of para-hydroxylation sites is 2. The Balaban J connectivity index is 1.16. The maximum atomic E-state index is 2.47. The van der Waals surface area contributed by atoms with E-state index in [1.165, 1.54) is 72.5 Å². The Labute approximate surface area is 302 Å². The van der Waals surface area contributed by atoms with Gasteiger partial charge in [-0.3, -0.25) is 0 Å². The first-order valence-corrected chi connectivity index (χ1v) is 18.0. The summed E-state index contributed by atoms with van der Waals surface area (Å²) in [4.78, 5) is 2.37. The molecule has 0 unspecified atom stereocenters. The Morgan fingerprint density at radius 2 is 0.863 bits per heavy atom. The molecule has 246 valence electrons. The zero-order chi connectivity index (χ0) is 34.7. The average molecular weight is 656 g/mol.